The first-order chi connectivity index (χ1) is 66.2. The van der Waals surface area contributed by atoms with Crippen molar-refractivity contribution in [1.29, 1.82) is 0 Å². The molecule has 0 atom stereocenters. The van der Waals surface area contributed by atoms with Crippen molar-refractivity contribution in [1.82, 2.24) is 32.5 Å². The Labute approximate surface area is 845 Å². The number of nitrogens with zero attached hydrogens (tertiary/aromatic N) is 8. The first-order valence-electron chi connectivity index (χ1n) is 41.9. The molecule has 0 spiro atoms. The van der Waals surface area contributed by atoms with Gasteiger partial charge in [-0.25, -0.2) is 0 Å². The van der Waals surface area contributed by atoms with Crippen LogP contribution in [-0.2, 0) is 23.9 Å². The number of fused-ring (bicyclic) bond motifs is 9. The standard InChI is InChI=1S/C14H10ClNOSe.2C14H9NO3Se.C13H8ClNOSe.C13H9NOSe.C11H13NOSe.C9H10N2OSe.C8H7NOSe.C7H5NOSe/c1-9-8-10(15)6-7-12(9)16-14(17)11-4-2-3-5-13(11)18-16;16-9-18-12-7-3-2-6-11(12)15-14(17)10-5-1-4-8-13(10)19-15;16-13-11-3-1-2-4-12(11)19-15(13)10-7-5-9(6-8-10)14(17)18;14-9-5-7-10(8-6-9)15-13(16)11-3-1-2-4-12(11)17-15;15-13-11-8-4-5-9-12(11)16-14(13)10-6-2-1-3-7-10;1-11(2,3)12-10(13)8-6-4-5-7-9(8)14-12;10-5-6-11-9(12)7-3-1-2-4-8(7)13-11;1-9-8(10)6-4-2-3-5-7(6)11-9;9-7-5-3-1-2-4-6(5)10-8-7/h2-8H,1H3;1-9H;1-8H,(H,17,18);1-8H;1-9H;4-7H,1-3H3;1-4H,5-6,10H2;2-5H,1H3;1-4H,(H,8,9). The van der Waals surface area contributed by atoms with Gasteiger partial charge in [0.25, 0.3) is 0 Å². The van der Waals surface area contributed by atoms with Crippen molar-refractivity contribution in [3.05, 3.63) is 454 Å². The number of carbonyl (C=O) groups is 2. The molecule has 0 amide bonds. The molecule has 137 heavy (non-hydrogen) atoms. The summed E-state index contributed by atoms with van der Waals surface area (Å²) in [5.74, 6) is -0.561. The molecule has 23 nitrogen and oxygen atoms in total. The predicted molar refractivity (Wildman–Crippen MR) is 563 cm³/mol. The summed E-state index contributed by atoms with van der Waals surface area (Å²) in [7, 11) is 1.85. The van der Waals surface area contributed by atoms with E-state index in [-0.39, 0.29) is 194 Å². The summed E-state index contributed by atoms with van der Waals surface area (Å²) in [6.45, 7) is 9.82. The van der Waals surface area contributed by atoms with Crippen LogP contribution in [0.4, 0.5) is 0 Å². The van der Waals surface area contributed by atoms with Gasteiger partial charge in [0.15, 0.2) is 0 Å². The number of carboxylic acid groups (broad SMARTS) is 1. The van der Waals surface area contributed by atoms with Gasteiger partial charge < -0.3 is 0 Å². The van der Waals surface area contributed by atoms with Crippen LogP contribution in [0.15, 0.2) is 383 Å². The van der Waals surface area contributed by atoms with Crippen molar-refractivity contribution in [3.63, 3.8) is 0 Å². The summed E-state index contributed by atoms with van der Waals surface area (Å²) in [5.41, 5.74) is 11.7. The molecule has 0 fully saturated rings. The van der Waals surface area contributed by atoms with E-state index in [1.54, 1.807) is 41.0 Å². The number of carboxylic acids is 1. The molecule has 4 N–H and O–H groups in total. The zero-order chi connectivity index (χ0) is 96.6. The molecule has 9 heterocycles. The number of para-hydroxylation sites is 3. The fourth-order valence-corrected chi connectivity index (χ4v) is 32.6. The van der Waals surface area contributed by atoms with E-state index in [4.69, 9.17) is 38.8 Å². The van der Waals surface area contributed by atoms with Gasteiger partial charge in [-0.1, -0.05) is 0 Å². The average molecular weight is 2450 g/mol. The number of carbonyl (C=O) groups excluding carboxylic acids is 1. The summed E-state index contributed by atoms with van der Waals surface area (Å²) in [5, 5.41) is 17.7. The summed E-state index contributed by atoms with van der Waals surface area (Å²) in [6.07, 6.45) is 0. The third-order valence-corrected chi connectivity index (χ3v) is 41.9. The number of hydrogen-bond acceptors (Lipinski definition) is 13. The third kappa shape index (κ3) is 23.7. The second-order valence-electron chi connectivity index (χ2n) is 30.8. The number of hydrogen-bond donors (Lipinski definition) is 3. The van der Waals surface area contributed by atoms with Gasteiger partial charge in [0.2, 0.25) is 0 Å². The molecule has 0 radical (unpaired) electrons. The van der Waals surface area contributed by atoms with E-state index in [9.17, 15) is 52.7 Å². The number of aromatic nitrogens is 9. The molecule has 0 aliphatic heterocycles. The second-order valence-corrected chi connectivity index (χ2v) is 50.5. The van der Waals surface area contributed by atoms with Crippen molar-refractivity contribution in [2.24, 2.45) is 12.8 Å². The Morgan fingerprint density at radius 3 is 1.09 bits per heavy atom. The van der Waals surface area contributed by atoms with Gasteiger partial charge in [-0.05, 0) is 0 Å². The molecule has 23 rings (SSSR count). The monoisotopic (exact) mass is 2450 g/mol. The molecule has 34 heteroatoms. The van der Waals surface area contributed by atoms with Crippen LogP contribution in [0.3, 0.4) is 0 Å². The van der Waals surface area contributed by atoms with Crippen LogP contribution < -0.4 is 60.5 Å². The van der Waals surface area contributed by atoms with E-state index in [1.165, 1.54) is 33.4 Å². The van der Waals surface area contributed by atoms with Gasteiger partial charge in [-0.2, -0.15) is 0 Å². The Balaban J connectivity index is 0.000000118. The molecule has 0 aliphatic carbocycles. The average Bonchev–Trinajstić information content (AvgIpc) is 1.66. The second kappa shape index (κ2) is 46.3. The van der Waals surface area contributed by atoms with Crippen LogP contribution >= 0.6 is 23.2 Å². The minimum atomic E-state index is -0.965. The van der Waals surface area contributed by atoms with E-state index in [0.29, 0.717) is 41.0 Å². The molecule has 0 aliphatic rings. The number of halogens is 2. The molecule has 0 saturated heterocycles. The van der Waals surface area contributed by atoms with Crippen molar-refractivity contribution < 1.29 is 19.4 Å². The number of nitrogens with one attached hydrogen (secondary N) is 1. The zero-order valence-electron chi connectivity index (χ0n) is 73.3. The van der Waals surface area contributed by atoms with Crippen LogP contribution in [0, 0.1) is 6.92 Å². The Kier molecular flexibility index (Phi) is 33.8. The molecule has 23 aromatic rings. The molecule has 0 bridgehead atoms. The number of rotatable bonds is 10. The normalized spacial score (nSPS) is 10.9. The van der Waals surface area contributed by atoms with Crippen molar-refractivity contribution in [3.8, 4) is 34.2 Å². The topological polar surface area (TPSA) is 298 Å². The Morgan fingerprint density at radius 2 is 0.701 bits per heavy atom. The van der Waals surface area contributed by atoms with Gasteiger partial charge in [0, 0.05) is 0 Å². The predicted octanol–water partition coefficient (Wildman–Crippen LogP) is 14.1. The van der Waals surface area contributed by atoms with Gasteiger partial charge >= 0.3 is 854 Å². The quantitative estimate of drug-likeness (QED) is 0.0847. The summed E-state index contributed by atoms with van der Waals surface area (Å²) >= 11 is 12.4. The number of aromatic amines is 1. The number of benzene rings is 14. The first-order valence-corrected chi connectivity index (χ1v) is 57.4. The summed E-state index contributed by atoms with van der Waals surface area (Å²) in [4.78, 5) is 129. The molecule has 688 valence electrons. The van der Waals surface area contributed by atoms with Crippen molar-refractivity contribution in [2.45, 2.75) is 39.8 Å². The number of H-pyrrole nitrogens is 1. The SMILES string of the molecule is CC(C)(C)n1[se]c2ccccc2c1=O.Cc1cc(Cl)ccc1-n1[se]c2ccccc2c1=O.Cn1[se]c2ccccc2c1=O.NCCn1[se]c2ccccc2c1=O.O=C(O)c1ccc(-n2[se]c3ccccc3c2=O)cc1.O=COc1ccccc1-n1[se]c2ccccc2c1=O.O=c1[nH][se]c2ccccc12.O=c1c2ccccc2[se]n1-c1ccc(Cl)cc1.O=c1c2ccccc2[se]n1-c1ccccc1. The van der Waals surface area contributed by atoms with E-state index in [1.807, 2.05) is 323 Å². The van der Waals surface area contributed by atoms with Gasteiger partial charge in [-0.15, -0.1) is 0 Å². The fourth-order valence-electron chi connectivity index (χ4n) is 13.9. The van der Waals surface area contributed by atoms with Gasteiger partial charge in [0.1, 0.15) is 0 Å². The minimum absolute atomic E-state index is 0.0151. The van der Waals surface area contributed by atoms with Crippen molar-refractivity contribution >= 4 is 255 Å². The van der Waals surface area contributed by atoms with Gasteiger partial charge in [-0.3, -0.25) is 0 Å². The van der Waals surface area contributed by atoms with Crippen LogP contribution in [0.5, 0.6) is 5.75 Å². The third-order valence-electron chi connectivity index (χ3n) is 20.5. The number of aryl methyl sites for hydroxylation is 2. The molecular weight excluding hydrogens is 2370 g/mol. The maximum atomic E-state index is 12.4. The fraction of sp³-hybridized carbons (Fsp3) is 0.0777. The van der Waals surface area contributed by atoms with Crippen molar-refractivity contribution in [2.75, 3.05) is 6.54 Å². The zero-order valence-corrected chi connectivity index (χ0v) is 90.2. The van der Waals surface area contributed by atoms with Crippen LogP contribution in [0.1, 0.15) is 36.7 Å². The maximum absolute atomic E-state index is 12.4. The number of nitrogens with two attached hydrogens (primary N) is 1. The number of aromatic carboxylic acids is 1. The molecule has 0 unspecified atom stereocenters. The number of ether oxygens (including phenoxy) is 1. The molecular formula is C103H80Cl2N10O13Se9. The molecule has 14 aromatic carbocycles. The Bertz CT molecular complexity index is 8860. The van der Waals surface area contributed by atoms with E-state index in [0.717, 1.165) is 93.8 Å². The molecule has 0 saturated carbocycles. The summed E-state index contributed by atoms with van der Waals surface area (Å²) in [6, 6.07) is 106. The first kappa shape index (κ1) is 99.9. The van der Waals surface area contributed by atoms with Crippen LogP contribution in [0.25, 0.3) is 115 Å². The van der Waals surface area contributed by atoms with Crippen LogP contribution in [0.2, 0.25) is 10.0 Å². The Hall–Kier alpha value is -11.5. The summed E-state index contributed by atoms with van der Waals surface area (Å²) < 4.78 is 32.6. The molecule has 9 aromatic heterocycles. The van der Waals surface area contributed by atoms with E-state index in [2.05, 4.69) is 30.8 Å². The Morgan fingerprint density at radius 1 is 0.365 bits per heavy atom. The van der Waals surface area contributed by atoms with Gasteiger partial charge in [0.05, 0.1) is 0 Å². The van der Waals surface area contributed by atoms with E-state index >= 15 is 0 Å². The van der Waals surface area contributed by atoms with Crippen LogP contribution in [-0.4, -0.2) is 189 Å². The van der Waals surface area contributed by atoms with E-state index < -0.39 is 5.97 Å².